The molecule has 2 aromatic rings. The fourth-order valence-electron chi connectivity index (χ4n) is 3.14. The van der Waals surface area contributed by atoms with Crippen molar-refractivity contribution >= 4 is 5.97 Å². The van der Waals surface area contributed by atoms with E-state index in [2.05, 4.69) is 45.3 Å². The van der Waals surface area contributed by atoms with E-state index in [-0.39, 0.29) is 5.76 Å². The second-order valence-corrected chi connectivity index (χ2v) is 6.20. The number of likely N-dealkylation sites (tertiary alicyclic amines) is 1. The molecule has 24 heavy (non-hydrogen) atoms. The molecule has 128 valence electrons. The second-order valence-electron chi connectivity index (χ2n) is 6.20. The number of ether oxygens (including phenoxy) is 1. The molecule has 5 nitrogen and oxygen atoms in total. The molecule has 3 rings (SSSR count). The first-order valence-electron chi connectivity index (χ1n) is 8.41. The lowest BCUT2D eigenvalue weighted by Crippen LogP contribution is -2.44. The molecule has 1 saturated heterocycles. The first kappa shape index (κ1) is 16.7. The first-order valence-corrected chi connectivity index (χ1v) is 8.41. The van der Waals surface area contributed by atoms with Gasteiger partial charge in [-0.2, -0.15) is 0 Å². The van der Waals surface area contributed by atoms with Crippen LogP contribution in [-0.4, -0.2) is 37.1 Å². The summed E-state index contributed by atoms with van der Waals surface area (Å²) in [5.74, 6) is 0.576. The molecule has 5 heteroatoms. The SMILES string of the molecule is COC(=O)c1ccc(CNC2CCCN(Cc3ccccc3)C2)o1. The first-order chi connectivity index (χ1) is 11.7. The van der Waals surface area contributed by atoms with E-state index in [1.54, 1.807) is 6.07 Å². The molecular formula is C19H24N2O3. The molecule has 0 saturated carbocycles. The Balaban J connectivity index is 1.48. The van der Waals surface area contributed by atoms with E-state index in [4.69, 9.17) is 4.42 Å². The monoisotopic (exact) mass is 328 g/mol. The Bertz CT molecular complexity index is 654. The molecular weight excluding hydrogens is 304 g/mol. The number of nitrogens with zero attached hydrogens (tertiary/aromatic N) is 1. The lowest BCUT2D eigenvalue weighted by atomic mass is 10.0. The number of rotatable bonds is 6. The topological polar surface area (TPSA) is 54.7 Å². The highest BCUT2D eigenvalue weighted by molar-refractivity contribution is 5.86. The van der Waals surface area contributed by atoms with E-state index < -0.39 is 5.97 Å². The molecule has 1 atom stereocenters. The van der Waals surface area contributed by atoms with Crippen LogP contribution in [0.25, 0.3) is 0 Å². The largest absolute Gasteiger partial charge is 0.463 e. The summed E-state index contributed by atoms with van der Waals surface area (Å²) >= 11 is 0. The van der Waals surface area contributed by atoms with Gasteiger partial charge in [0.1, 0.15) is 5.76 Å². The molecule has 0 amide bonds. The van der Waals surface area contributed by atoms with Gasteiger partial charge in [0.05, 0.1) is 13.7 Å². The van der Waals surface area contributed by atoms with Crippen molar-refractivity contribution in [1.29, 1.82) is 0 Å². The van der Waals surface area contributed by atoms with E-state index >= 15 is 0 Å². The van der Waals surface area contributed by atoms with Gasteiger partial charge < -0.3 is 14.5 Å². The number of furan rings is 1. The smallest absolute Gasteiger partial charge is 0.373 e. The van der Waals surface area contributed by atoms with Crippen LogP contribution in [0.1, 0.15) is 34.7 Å². The summed E-state index contributed by atoms with van der Waals surface area (Å²) in [4.78, 5) is 13.9. The molecule has 1 aromatic carbocycles. The summed E-state index contributed by atoms with van der Waals surface area (Å²) in [6.45, 7) is 3.78. The molecule has 1 aliphatic heterocycles. The number of methoxy groups -OCH3 is 1. The van der Waals surface area contributed by atoms with Crippen LogP contribution in [0.4, 0.5) is 0 Å². The third-order valence-corrected chi connectivity index (χ3v) is 4.37. The van der Waals surface area contributed by atoms with Gasteiger partial charge in [-0.3, -0.25) is 4.90 Å². The summed E-state index contributed by atoms with van der Waals surface area (Å²) in [6, 6.07) is 14.5. The predicted molar refractivity (Wildman–Crippen MR) is 91.6 cm³/mol. The Morgan fingerprint density at radius 3 is 2.92 bits per heavy atom. The standard InChI is InChI=1S/C19H24N2O3/c1-23-19(22)18-10-9-17(24-18)12-20-16-8-5-11-21(14-16)13-15-6-3-2-4-7-15/h2-4,6-7,9-10,16,20H,5,8,11-14H2,1H3. The summed E-state index contributed by atoms with van der Waals surface area (Å²) in [5, 5.41) is 3.54. The summed E-state index contributed by atoms with van der Waals surface area (Å²) in [6.07, 6.45) is 2.35. The van der Waals surface area contributed by atoms with Crippen molar-refractivity contribution in [2.45, 2.75) is 32.0 Å². The van der Waals surface area contributed by atoms with Crippen molar-refractivity contribution in [1.82, 2.24) is 10.2 Å². The zero-order valence-corrected chi connectivity index (χ0v) is 14.0. The molecule has 2 heterocycles. The van der Waals surface area contributed by atoms with Crippen LogP contribution in [-0.2, 0) is 17.8 Å². The molecule has 0 spiro atoms. The van der Waals surface area contributed by atoms with Crippen molar-refractivity contribution in [2.24, 2.45) is 0 Å². The highest BCUT2D eigenvalue weighted by Crippen LogP contribution is 2.15. The predicted octanol–water partition coefficient (Wildman–Crippen LogP) is 2.82. The van der Waals surface area contributed by atoms with Gasteiger partial charge in [0, 0.05) is 19.1 Å². The quantitative estimate of drug-likeness (QED) is 0.827. The van der Waals surface area contributed by atoms with Gasteiger partial charge in [0.25, 0.3) is 0 Å². The zero-order chi connectivity index (χ0) is 16.8. The molecule has 0 radical (unpaired) electrons. The molecule has 0 aliphatic carbocycles. The molecule has 1 N–H and O–H groups in total. The van der Waals surface area contributed by atoms with Crippen LogP contribution in [0, 0.1) is 0 Å². The van der Waals surface area contributed by atoms with Crippen molar-refractivity contribution in [2.75, 3.05) is 20.2 Å². The lowest BCUT2D eigenvalue weighted by Gasteiger charge is -2.33. The minimum Gasteiger partial charge on any atom is -0.463 e. The number of hydrogen-bond donors (Lipinski definition) is 1. The number of nitrogens with one attached hydrogen (secondary N) is 1. The Morgan fingerprint density at radius 1 is 1.29 bits per heavy atom. The van der Waals surface area contributed by atoms with Crippen LogP contribution in [0.5, 0.6) is 0 Å². The molecule has 1 unspecified atom stereocenters. The molecule has 1 aliphatic rings. The van der Waals surface area contributed by atoms with Crippen LogP contribution in [0.15, 0.2) is 46.9 Å². The average molecular weight is 328 g/mol. The summed E-state index contributed by atoms with van der Waals surface area (Å²) in [5.41, 5.74) is 1.35. The van der Waals surface area contributed by atoms with E-state index in [0.717, 1.165) is 31.8 Å². The third kappa shape index (κ3) is 4.46. The number of esters is 1. The van der Waals surface area contributed by atoms with E-state index in [9.17, 15) is 4.79 Å². The fourth-order valence-corrected chi connectivity index (χ4v) is 3.14. The third-order valence-electron chi connectivity index (χ3n) is 4.37. The number of benzene rings is 1. The van der Waals surface area contributed by atoms with Gasteiger partial charge in [0.15, 0.2) is 0 Å². The van der Waals surface area contributed by atoms with Crippen LogP contribution in [0.3, 0.4) is 0 Å². The fraction of sp³-hybridized carbons (Fsp3) is 0.421. The van der Waals surface area contributed by atoms with Crippen molar-refractivity contribution < 1.29 is 13.9 Å². The van der Waals surface area contributed by atoms with Crippen LogP contribution >= 0.6 is 0 Å². The van der Waals surface area contributed by atoms with Gasteiger partial charge in [-0.15, -0.1) is 0 Å². The molecule has 1 fully saturated rings. The highest BCUT2D eigenvalue weighted by Gasteiger charge is 2.20. The maximum atomic E-state index is 11.4. The zero-order valence-electron chi connectivity index (χ0n) is 14.0. The average Bonchev–Trinajstić information content (AvgIpc) is 3.09. The Kier molecular flexibility index (Phi) is 5.67. The van der Waals surface area contributed by atoms with E-state index in [0.29, 0.717) is 12.6 Å². The van der Waals surface area contributed by atoms with Crippen LogP contribution < -0.4 is 5.32 Å². The maximum Gasteiger partial charge on any atom is 0.373 e. The molecule has 1 aromatic heterocycles. The van der Waals surface area contributed by atoms with Crippen molar-refractivity contribution in [3.63, 3.8) is 0 Å². The normalized spacial score (nSPS) is 18.5. The molecule has 0 bridgehead atoms. The van der Waals surface area contributed by atoms with Gasteiger partial charge in [-0.05, 0) is 37.1 Å². The minimum atomic E-state index is -0.437. The minimum absolute atomic E-state index is 0.253. The summed E-state index contributed by atoms with van der Waals surface area (Å²) < 4.78 is 10.2. The number of piperidine rings is 1. The highest BCUT2D eigenvalue weighted by atomic mass is 16.5. The number of carbonyl (C=O) groups is 1. The van der Waals surface area contributed by atoms with Crippen molar-refractivity contribution in [3.05, 3.63) is 59.5 Å². The van der Waals surface area contributed by atoms with Gasteiger partial charge in [-0.1, -0.05) is 30.3 Å². The maximum absolute atomic E-state index is 11.4. The van der Waals surface area contributed by atoms with Gasteiger partial charge >= 0.3 is 5.97 Å². The Labute approximate surface area is 142 Å². The van der Waals surface area contributed by atoms with Crippen molar-refractivity contribution in [3.8, 4) is 0 Å². The Hall–Kier alpha value is -2.11. The van der Waals surface area contributed by atoms with Gasteiger partial charge in [-0.25, -0.2) is 4.79 Å². The number of hydrogen-bond acceptors (Lipinski definition) is 5. The Morgan fingerprint density at radius 2 is 2.12 bits per heavy atom. The second kappa shape index (κ2) is 8.13. The van der Waals surface area contributed by atoms with E-state index in [1.165, 1.54) is 19.1 Å². The summed E-state index contributed by atoms with van der Waals surface area (Å²) in [7, 11) is 1.35. The van der Waals surface area contributed by atoms with Crippen LogP contribution in [0.2, 0.25) is 0 Å². The lowest BCUT2D eigenvalue weighted by molar-refractivity contribution is 0.0562. The van der Waals surface area contributed by atoms with E-state index in [1.807, 2.05) is 6.07 Å². The number of carbonyl (C=O) groups excluding carboxylic acids is 1. The van der Waals surface area contributed by atoms with Gasteiger partial charge in [0.2, 0.25) is 5.76 Å².